The van der Waals surface area contributed by atoms with Crippen molar-refractivity contribution in [3.63, 3.8) is 0 Å². The zero-order valence-electron chi connectivity index (χ0n) is 15.7. The van der Waals surface area contributed by atoms with E-state index in [1.54, 1.807) is 12.1 Å². The number of benzene rings is 1. The van der Waals surface area contributed by atoms with Crippen LogP contribution in [0.2, 0.25) is 0 Å². The molecule has 144 valence electrons. The summed E-state index contributed by atoms with van der Waals surface area (Å²) in [5, 5.41) is 2.51. The molecular formula is C20H25N3O4. The van der Waals surface area contributed by atoms with Crippen molar-refractivity contribution in [3.8, 4) is 0 Å². The van der Waals surface area contributed by atoms with Crippen LogP contribution in [0.3, 0.4) is 0 Å². The Hall–Kier alpha value is -2.96. The van der Waals surface area contributed by atoms with Crippen molar-refractivity contribution in [2.75, 3.05) is 32.1 Å². The number of anilines is 1. The van der Waals surface area contributed by atoms with Gasteiger partial charge in [0.15, 0.2) is 6.29 Å². The fourth-order valence-corrected chi connectivity index (χ4v) is 3.22. The number of carbonyl (C=O) groups excluding carboxylic acids is 4. The first kappa shape index (κ1) is 20.4. The third-order valence-corrected chi connectivity index (χ3v) is 4.91. The van der Waals surface area contributed by atoms with Gasteiger partial charge >= 0.3 is 0 Å². The number of likely N-dealkylation sites (N-methyl/N-ethyl adjacent to an activating group) is 2. The van der Waals surface area contributed by atoms with Crippen LogP contribution in [0.1, 0.15) is 33.6 Å². The molecule has 1 saturated heterocycles. The van der Waals surface area contributed by atoms with Gasteiger partial charge in [-0.1, -0.05) is 12.1 Å². The second kappa shape index (κ2) is 9.12. The van der Waals surface area contributed by atoms with Crippen LogP contribution in [0, 0.1) is 5.92 Å². The van der Waals surface area contributed by atoms with Gasteiger partial charge in [-0.2, -0.15) is 0 Å². The van der Waals surface area contributed by atoms with Crippen LogP contribution in [0.5, 0.6) is 0 Å². The van der Waals surface area contributed by atoms with Crippen molar-refractivity contribution < 1.29 is 19.2 Å². The number of amides is 2. The molecule has 2 rings (SSSR count). The Morgan fingerprint density at radius 1 is 1.37 bits per heavy atom. The van der Waals surface area contributed by atoms with Gasteiger partial charge in [-0.15, -0.1) is 6.58 Å². The lowest BCUT2D eigenvalue weighted by atomic mass is 9.96. The molecule has 0 aliphatic carbocycles. The van der Waals surface area contributed by atoms with Crippen LogP contribution in [0.4, 0.5) is 5.69 Å². The zero-order valence-corrected chi connectivity index (χ0v) is 15.7. The van der Waals surface area contributed by atoms with Crippen LogP contribution in [0.25, 0.3) is 0 Å². The summed E-state index contributed by atoms with van der Waals surface area (Å²) >= 11 is 0. The molecule has 1 aromatic carbocycles. The lowest BCUT2D eigenvalue weighted by Gasteiger charge is -2.40. The molecule has 1 aliphatic rings. The summed E-state index contributed by atoms with van der Waals surface area (Å²) in [7, 11) is 2.98. The Morgan fingerprint density at radius 3 is 2.63 bits per heavy atom. The second-order valence-corrected chi connectivity index (χ2v) is 6.55. The minimum Gasteiger partial charge on any atom is -0.370 e. The quantitative estimate of drug-likeness (QED) is 0.522. The van der Waals surface area contributed by atoms with Gasteiger partial charge in [0, 0.05) is 45.2 Å². The molecule has 1 aromatic rings. The normalized spacial score (nSPS) is 14.7. The molecule has 1 fully saturated rings. The number of aldehydes is 2. The SMILES string of the molecule is C=CC1CN(c2cccc(C(=O)N(C)C(CCC=O)C(=O)NC)c2C=O)C1. The standard InChI is InChI=1S/C20H25N3O4/c1-4-14-11-23(12-14)17-8-5-7-15(16(17)13-25)20(27)22(3)18(9-6-10-24)19(26)21-2/h4-5,7-8,10,13-14,18H,1,6,9,11-12H2,2-3H3,(H,21,26). The van der Waals surface area contributed by atoms with E-state index in [9.17, 15) is 19.2 Å². The first-order chi connectivity index (χ1) is 13.0. The Morgan fingerprint density at radius 2 is 2.07 bits per heavy atom. The van der Waals surface area contributed by atoms with E-state index in [1.807, 2.05) is 17.0 Å². The Balaban J connectivity index is 2.31. The predicted molar refractivity (Wildman–Crippen MR) is 103 cm³/mol. The van der Waals surface area contributed by atoms with Crippen molar-refractivity contribution in [2.45, 2.75) is 18.9 Å². The van der Waals surface area contributed by atoms with Crippen LogP contribution in [-0.2, 0) is 9.59 Å². The van der Waals surface area contributed by atoms with E-state index in [0.717, 1.165) is 13.1 Å². The number of rotatable bonds is 9. The first-order valence-electron chi connectivity index (χ1n) is 8.86. The maximum atomic E-state index is 13.0. The van der Waals surface area contributed by atoms with Gasteiger partial charge in [0.1, 0.15) is 12.3 Å². The highest BCUT2D eigenvalue weighted by atomic mass is 16.2. The maximum Gasteiger partial charge on any atom is 0.255 e. The van der Waals surface area contributed by atoms with E-state index in [2.05, 4.69) is 11.9 Å². The van der Waals surface area contributed by atoms with Crippen LogP contribution in [-0.4, -0.2) is 62.5 Å². The Bertz CT molecular complexity index is 741. The van der Waals surface area contributed by atoms with Gasteiger partial charge < -0.3 is 19.9 Å². The molecule has 1 N–H and O–H groups in total. The van der Waals surface area contributed by atoms with Crippen molar-refractivity contribution in [2.24, 2.45) is 5.92 Å². The molecule has 0 radical (unpaired) electrons. The lowest BCUT2D eigenvalue weighted by molar-refractivity contribution is -0.125. The fourth-order valence-electron chi connectivity index (χ4n) is 3.22. The van der Waals surface area contributed by atoms with E-state index in [4.69, 9.17) is 0 Å². The van der Waals surface area contributed by atoms with Crippen LogP contribution in [0.15, 0.2) is 30.9 Å². The van der Waals surface area contributed by atoms with Crippen molar-refractivity contribution in [1.29, 1.82) is 0 Å². The van der Waals surface area contributed by atoms with E-state index in [0.29, 0.717) is 29.7 Å². The largest absolute Gasteiger partial charge is 0.370 e. The summed E-state index contributed by atoms with van der Waals surface area (Å²) in [6, 6.07) is 4.33. The van der Waals surface area contributed by atoms with Gasteiger partial charge in [0.25, 0.3) is 5.91 Å². The highest BCUT2D eigenvalue weighted by molar-refractivity contribution is 6.05. The minimum absolute atomic E-state index is 0.160. The topological polar surface area (TPSA) is 86.8 Å². The van der Waals surface area contributed by atoms with Crippen LogP contribution >= 0.6 is 0 Å². The number of carbonyl (C=O) groups is 4. The maximum absolute atomic E-state index is 13.0. The number of nitrogens with one attached hydrogen (secondary N) is 1. The van der Waals surface area contributed by atoms with Crippen molar-refractivity contribution in [3.05, 3.63) is 42.0 Å². The molecule has 0 spiro atoms. The summed E-state index contributed by atoms with van der Waals surface area (Å²) in [6.45, 7) is 5.27. The molecule has 7 heteroatoms. The third-order valence-electron chi connectivity index (χ3n) is 4.91. The lowest BCUT2D eigenvalue weighted by Crippen LogP contribution is -2.48. The number of hydrogen-bond donors (Lipinski definition) is 1. The van der Waals surface area contributed by atoms with E-state index >= 15 is 0 Å². The minimum atomic E-state index is -0.787. The van der Waals surface area contributed by atoms with Gasteiger partial charge in [-0.05, 0) is 18.6 Å². The molecule has 0 saturated carbocycles. The molecule has 1 atom stereocenters. The van der Waals surface area contributed by atoms with E-state index in [-0.39, 0.29) is 24.3 Å². The van der Waals surface area contributed by atoms with Crippen LogP contribution < -0.4 is 10.2 Å². The average molecular weight is 371 g/mol. The number of hydrogen-bond acceptors (Lipinski definition) is 5. The predicted octanol–water partition coefficient (Wildman–Crippen LogP) is 1.29. The summed E-state index contributed by atoms with van der Waals surface area (Å²) in [6.07, 6.45) is 3.64. The van der Waals surface area contributed by atoms with Gasteiger partial charge in [0.2, 0.25) is 5.91 Å². The number of nitrogens with zero attached hydrogens (tertiary/aromatic N) is 2. The fraction of sp³-hybridized carbons (Fsp3) is 0.400. The molecule has 1 unspecified atom stereocenters. The zero-order chi connectivity index (χ0) is 20.0. The smallest absolute Gasteiger partial charge is 0.255 e. The first-order valence-corrected chi connectivity index (χ1v) is 8.86. The Kier molecular flexibility index (Phi) is 6.87. The average Bonchev–Trinajstić information content (AvgIpc) is 2.66. The molecule has 1 aliphatic heterocycles. The van der Waals surface area contributed by atoms with Gasteiger partial charge in [-0.25, -0.2) is 0 Å². The summed E-state index contributed by atoms with van der Waals surface area (Å²) < 4.78 is 0. The van der Waals surface area contributed by atoms with E-state index in [1.165, 1.54) is 19.0 Å². The van der Waals surface area contributed by atoms with E-state index < -0.39 is 11.9 Å². The summed E-state index contributed by atoms with van der Waals surface area (Å²) in [5.74, 6) is -0.417. The highest BCUT2D eigenvalue weighted by Crippen LogP contribution is 2.30. The molecule has 0 aromatic heterocycles. The van der Waals surface area contributed by atoms with Gasteiger partial charge in [-0.3, -0.25) is 14.4 Å². The Labute approximate surface area is 159 Å². The monoisotopic (exact) mass is 371 g/mol. The summed E-state index contributed by atoms with van der Waals surface area (Å²) in [4.78, 5) is 50.9. The molecule has 2 amide bonds. The molecule has 27 heavy (non-hydrogen) atoms. The summed E-state index contributed by atoms with van der Waals surface area (Å²) in [5.41, 5.74) is 1.25. The second-order valence-electron chi connectivity index (χ2n) is 6.55. The molecule has 7 nitrogen and oxygen atoms in total. The van der Waals surface area contributed by atoms with Crippen molar-refractivity contribution in [1.82, 2.24) is 10.2 Å². The molecule has 1 heterocycles. The molecular weight excluding hydrogens is 346 g/mol. The van der Waals surface area contributed by atoms with Crippen molar-refractivity contribution >= 4 is 30.1 Å². The highest BCUT2D eigenvalue weighted by Gasteiger charge is 2.31. The van der Waals surface area contributed by atoms with Gasteiger partial charge in [0.05, 0.1) is 11.1 Å². The molecule has 0 bridgehead atoms. The third kappa shape index (κ3) is 4.24.